The lowest BCUT2D eigenvalue weighted by atomic mass is 10.2. The van der Waals surface area contributed by atoms with Gasteiger partial charge in [-0.1, -0.05) is 29.6 Å². The Morgan fingerprint density at radius 3 is 2.40 bits per heavy atom. The average Bonchev–Trinajstić information content (AvgIpc) is 2.26. The van der Waals surface area contributed by atoms with Gasteiger partial charge in [-0.15, -0.1) is 0 Å². The van der Waals surface area contributed by atoms with E-state index in [4.69, 9.17) is 23.2 Å². The molecule has 1 atom stereocenters. The Balaban J connectivity index is 2.27. The van der Waals surface area contributed by atoms with Crippen LogP contribution in [-0.2, 0) is 0 Å². The maximum atomic E-state index is 5.99. The highest BCUT2D eigenvalue weighted by atomic mass is 35.5. The fourth-order valence-corrected chi connectivity index (χ4v) is 3.21. The van der Waals surface area contributed by atoms with Crippen LogP contribution < -0.4 is 0 Å². The molecule has 1 aliphatic rings. The Morgan fingerprint density at radius 1 is 1.20 bits per heavy atom. The molecule has 5 heteroatoms. The second-order valence-electron chi connectivity index (χ2n) is 3.64. The van der Waals surface area contributed by atoms with E-state index >= 15 is 0 Å². The van der Waals surface area contributed by atoms with Crippen molar-refractivity contribution in [1.82, 2.24) is 9.97 Å². The third-order valence-electron chi connectivity index (χ3n) is 2.51. The molecule has 2 rings (SSSR count). The van der Waals surface area contributed by atoms with Gasteiger partial charge in [-0.3, -0.25) is 0 Å². The van der Waals surface area contributed by atoms with E-state index in [0.717, 1.165) is 17.8 Å². The molecule has 0 amide bonds. The van der Waals surface area contributed by atoms with Crippen molar-refractivity contribution in [2.45, 2.75) is 31.4 Å². The lowest BCUT2D eigenvalue weighted by Crippen LogP contribution is -2.07. The molecule has 0 aliphatic carbocycles. The highest BCUT2D eigenvalue weighted by molar-refractivity contribution is 7.99. The molecule has 1 aromatic heterocycles. The molecule has 1 unspecified atom stereocenters. The van der Waals surface area contributed by atoms with Crippen LogP contribution >= 0.6 is 35.0 Å². The second-order valence-corrected chi connectivity index (χ2v) is 5.67. The molecular weight excluding hydrogens is 251 g/mol. The van der Waals surface area contributed by atoms with Crippen molar-refractivity contribution >= 4 is 35.0 Å². The quantitative estimate of drug-likeness (QED) is 0.715. The largest absolute Gasteiger partial charge is 0.220 e. The first-order chi connectivity index (χ1) is 7.18. The van der Waals surface area contributed by atoms with Crippen molar-refractivity contribution in [2.75, 3.05) is 5.75 Å². The Hall–Kier alpha value is 0.01000. The van der Waals surface area contributed by atoms with Gasteiger partial charge in [0.1, 0.15) is 16.1 Å². The van der Waals surface area contributed by atoms with E-state index < -0.39 is 0 Å². The van der Waals surface area contributed by atoms with E-state index in [1.54, 1.807) is 0 Å². The number of hydrogen-bond acceptors (Lipinski definition) is 3. The minimum atomic E-state index is 0.370. The average molecular weight is 263 g/mol. The molecule has 0 bridgehead atoms. The summed E-state index contributed by atoms with van der Waals surface area (Å²) in [5, 5.41) is 1.33. The van der Waals surface area contributed by atoms with Crippen LogP contribution in [0.3, 0.4) is 0 Å². The first kappa shape index (κ1) is 11.5. The summed E-state index contributed by atoms with van der Waals surface area (Å²) in [6, 6.07) is 0. The normalized spacial score (nSPS) is 21.7. The molecule has 0 radical (unpaired) electrons. The van der Waals surface area contributed by atoms with Gasteiger partial charge < -0.3 is 0 Å². The van der Waals surface area contributed by atoms with Gasteiger partial charge in [0.25, 0.3) is 0 Å². The zero-order valence-electron chi connectivity index (χ0n) is 8.46. The van der Waals surface area contributed by atoms with Crippen LogP contribution in [0, 0.1) is 6.92 Å². The smallest absolute Gasteiger partial charge is 0.144 e. The molecule has 15 heavy (non-hydrogen) atoms. The molecule has 0 N–H and O–H groups in total. The fourth-order valence-electron chi connectivity index (χ4n) is 1.57. The zero-order chi connectivity index (χ0) is 10.8. The van der Waals surface area contributed by atoms with Crippen molar-refractivity contribution < 1.29 is 0 Å². The molecular formula is C10H12Cl2N2S. The van der Waals surface area contributed by atoms with E-state index in [1.165, 1.54) is 18.6 Å². The minimum Gasteiger partial charge on any atom is -0.220 e. The number of rotatable bonds is 1. The highest BCUT2D eigenvalue weighted by Gasteiger charge is 2.20. The third kappa shape index (κ3) is 2.58. The van der Waals surface area contributed by atoms with E-state index in [-0.39, 0.29) is 0 Å². The van der Waals surface area contributed by atoms with Crippen molar-refractivity contribution in [1.29, 1.82) is 0 Å². The predicted octanol–water partition coefficient (Wildman–Crippen LogP) is 4.05. The molecule has 1 fully saturated rings. The number of nitrogens with zero attached hydrogens (tertiary/aromatic N) is 2. The molecule has 0 spiro atoms. The van der Waals surface area contributed by atoms with Gasteiger partial charge in [-0.2, -0.15) is 11.8 Å². The van der Waals surface area contributed by atoms with Crippen LogP contribution in [0.2, 0.25) is 10.3 Å². The summed E-state index contributed by atoms with van der Waals surface area (Å²) in [6.07, 6.45) is 3.65. The fraction of sp³-hybridized carbons (Fsp3) is 0.600. The van der Waals surface area contributed by atoms with E-state index in [1.807, 2.05) is 18.7 Å². The molecule has 2 heterocycles. The van der Waals surface area contributed by atoms with E-state index in [2.05, 4.69) is 9.97 Å². The van der Waals surface area contributed by atoms with Crippen LogP contribution in [0.4, 0.5) is 0 Å². The predicted molar refractivity (Wildman–Crippen MR) is 65.8 cm³/mol. The maximum absolute atomic E-state index is 5.99. The Bertz CT molecular complexity index is 341. The Labute approximate surface area is 104 Å². The van der Waals surface area contributed by atoms with Gasteiger partial charge in [0, 0.05) is 5.56 Å². The second kappa shape index (κ2) is 4.89. The number of aromatic nitrogens is 2. The monoisotopic (exact) mass is 262 g/mol. The van der Waals surface area contributed by atoms with Crippen molar-refractivity contribution in [2.24, 2.45) is 0 Å². The summed E-state index contributed by atoms with van der Waals surface area (Å²) < 4.78 is 0. The molecule has 0 aromatic carbocycles. The first-order valence-electron chi connectivity index (χ1n) is 4.99. The summed E-state index contributed by atoms with van der Waals surface area (Å²) in [6.45, 7) is 1.84. The van der Waals surface area contributed by atoms with Gasteiger partial charge >= 0.3 is 0 Å². The van der Waals surface area contributed by atoms with Crippen LogP contribution in [0.1, 0.15) is 35.9 Å². The number of thioether (sulfide) groups is 1. The number of halogens is 2. The first-order valence-corrected chi connectivity index (χ1v) is 6.80. The lowest BCUT2D eigenvalue weighted by molar-refractivity contribution is 0.661. The van der Waals surface area contributed by atoms with Crippen molar-refractivity contribution in [3.63, 3.8) is 0 Å². The SMILES string of the molecule is Cc1c(Cl)nc(C2CCCCS2)nc1Cl. The van der Waals surface area contributed by atoms with Crippen LogP contribution in [0.5, 0.6) is 0 Å². The summed E-state index contributed by atoms with van der Waals surface area (Å²) in [4.78, 5) is 8.61. The lowest BCUT2D eigenvalue weighted by Gasteiger charge is -2.20. The van der Waals surface area contributed by atoms with Crippen LogP contribution in [-0.4, -0.2) is 15.7 Å². The van der Waals surface area contributed by atoms with Gasteiger partial charge in [-0.25, -0.2) is 9.97 Å². The van der Waals surface area contributed by atoms with Crippen LogP contribution in [0.15, 0.2) is 0 Å². The summed E-state index contributed by atoms with van der Waals surface area (Å²) in [5.41, 5.74) is 0.767. The van der Waals surface area contributed by atoms with E-state index in [0.29, 0.717) is 15.6 Å². The summed E-state index contributed by atoms with van der Waals surface area (Å²) in [7, 11) is 0. The molecule has 1 aromatic rings. The molecule has 1 saturated heterocycles. The highest BCUT2D eigenvalue weighted by Crippen LogP contribution is 2.37. The summed E-state index contributed by atoms with van der Waals surface area (Å²) in [5.74, 6) is 1.97. The summed E-state index contributed by atoms with van der Waals surface area (Å²) >= 11 is 13.9. The van der Waals surface area contributed by atoms with Crippen molar-refractivity contribution in [3.8, 4) is 0 Å². The van der Waals surface area contributed by atoms with Crippen molar-refractivity contribution in [3.05, 3.63) is 21.7 Å². The van der Waals surface area contributed by atoms with E-state index in [9.17, 15) is 0 Å². The van der Waals surface area contributed by atoms with Gasteiger partial charge in [0.05, 0.1) is 5.25 Å². The Kier molecular flexibility index (Phi) is 3.75. The molecule has 82 valence electrons. The minimum absolute atomic E-state index is 0.370. The van der Waals surface area contributed by atoms with Crippen LogP contribution in [0.25, 0.3) is 0 Å². The Morgan fingerprint density at radius 2 is 1.87 bits per heavy atom. The standard InChI is InChI=1S/C10H12Cl2N2S/c1-6-8(11)13-10(14-9(6)12)7-4-2-3-5-15-7/h7H,2-5H2,1H3. The zero-order valence-corrected chi connectivity index (χ0v) is 10.8. The van der Waals surface area contributed by atoms with Gasteiger partial charge in [0.15, 0.2) is 0 Å². The molecule has 1 aliphatic heterocycles. The molecule has 0 saturated carbocycles. The maximum Gasteiger partial charge on any atom is 0.144 e. The number of hydrogen-bond donors (Lipinski definition) is 0. The molecule has 2 nitrogen and oxygen atoms in total. The van der Waals surface area contributed by atoms with Gasteiger partial charge in [-0.05, 0) is 25.5 Å². The van der Waals surface area contributed by atoms with Gasteiger partial charge in [0.2, 0.25) is 0 Å². The topological polar surface area (TPSA) is 25.8 Å². The third-order valence-corrected chi connectivity index (χ3v) is 4.62.